The topological polar surface area (TPSA) is 66.5 Å². The number of carbonyl (C=O) groups is 1. The van der Waals surface area contributed by atoms with Gasteiger partial charge in [0.1, 0.15) is 4.75 Å². The van der Waals surface area contributed by atoms with Gasteiger partial charge < -0.3 is 5.32 Å². The van der Waals surface area contributed by atoms with Gasteiger partial charge in [-0.2, -0.15) is 0 Å². The fraction of sp³-hybridized carbons (Fsp3) is 0.588. The zero-order valence-corrected chi connectivity index (χ0v) is 14.5. The molecule has 1 aliphatic carbocycles. The SMILES string of the molecule is CN1CC[C@@H](NC(=O)C2(S(C)(=O)=O)CCC2)[C@@H]1c1ccccc1. The van der Waals surface area contributed by atoms with Crippen LogP contribution < -0.4 is 5.32 Å². The minimum absolute atomic E-state index is 0.0471. The maximum atomic E-state index is 12.7. The van der Waals surface area contributed by atoms with Crippen LogP contribution in [0.4, 0.5) is 0 Å². The molecule has 1 amide bonds. The molecule has 2 fully saturated rings. The van der Waals surface area contributed by atoms with Gasteiger partial charge in [-0.1, -0.05) is 30.3 Å². The second-order valence-corrected chi connectivity index (χ2v) is 9.15. The van der Waals surface area contributed by atoms with Crippen LogP contribution in [0.3, 0.4) is 0 Å². The fourth-order valence-electron chi connectivity index (χ4n) is 3.80. The van der Waals surface area contributed by atoms with Gasteiger partial charge >= 0.3 is 0 Å². The first kappa shape index (κ1) is 16.5. The summed E-state index contributed by atoms with van der Waals surface area (Å²) in [5.41, 5.74) is 1.15. The van der Waals surface area contributed by atoms with Crippen molar-refractivity contribution in [2.24, 2.45) is 0 Å². The van der Waals surface area contributed by atoms with Crippen LogP contribution in [-0.2, 0) is 14.6 Å². The molecule has 1 aromatic carbocycles. The zero-order chi connectivity index (χ0) is 16.7. The van der Waals surface area contributed by atoms with Crippen molar-refractivity contribution >= 4 is 15.7 Å². The van der Waals surface area contributed by atoms with Crippen LogP contribution >= 0.6 is 0 Å². The number of nitrogens with zero attached hydrogens (tertiary/aromatic N) is 1. The van der Waals surface area contributed by atoms with Crippen molar-refractivity contribution in [2.45, 2.75) is 42.5 Å². The molecule has 6 heteroatoms. The molecule has 1 aromatic rings. The lowest BCUT2D eigenvalue weighted by molar-refractivity contribution is -0.126. The van der Waals surface area contributed by atoms with E-state index in [0.717, 1.165) is 24.9 Å². The third-order valence-corrected chi connectivity index (χ3v) is 7.40. The first-order chi connectivity index (χ1) is 10.8. The van der Waals surface area contributed by atoms with E-state index in [2.05, 4.69) is 22.3 Å². The molecule has 1 aliphatic heterocycles. The van der Waals surface area contributed by atoms with Gasteiger partial charge in [-0.25, -0.2) is 8.42 Å². The number of benzene rings is 1. The van der Waals surface area contributed by atoms with Gasteiger partial charge in [0, 0.05) is 18.8 Å². The predicted molar refractivity (Wildman–Crippen MR) is 89.8 cm³/mol. The second kappa shape index (κ2) is 5.91. The largest absolute Gasteiger partial charge is 0.350 e. The highest BCUT2D eigenvalue weighted by atomic mass is 32.2. The number of likely N-dealkylation sites (N-methyl/N-ethyl adjacent to an activating group) is 1. The molecular weight excluding hydrogens is 312 g/mol. The molecule has 0 unspecified atom stereocenters. The van der Waals surface area contributed by atoms with Gasteiger partial charge in [-0.3, -0.25) is 9.69 Å². The van der Waals surface area contributed by atoms with Crippen molar-refractivity contribution in [3.05, 3.63) is 35.9 Å². The summed E-state index contributed by atoms with van der Waals surface area (Å²) in [6.45, 7) is 0.885. The Kier molecular flexibility index (Phi) is 4.23. The number of likely N-dealkylation sites (tertiary alicyclic amines) is 1. The lowest BCUT2D eigenvalue weighted by Crippen LogP contribution is -2.58. The molecule has 1 saturated heterocycles. The summed E-state index contributed by atoms with van der Waals surface area (Å²) in [6, 6.07) is 10.1. The van der Waals surface area contributed by atoms with Crippen LogP contribution in [-0.4, -0.2) is 49.9 Å². The minimum Gasteiger partial charge on any atom is -0.350 e. The minimum atomic E-state index is -3.39. The Morgan fingerprint density at radius 2 is 1.91 bits per heavy atom. The van der Waals surface area contributed by atoms with Crippen molar-refractivity contribution < 1.29 is 13.2 Å². The number of carbonyl (C=O) groups excluding carboxylic acids is 1. The number of rotatable bonds is 4. The molecule has 1 N–H and O–H groups in total. The Morgan fingerprint density at radius 3 is 2.43 bits per heavy atom. The molecule has 0 radical (unpaired) electrons. The summed E-state index contributed by atoms with van der Waals surface area (Å²) >= 11 is 0. The quantitative estimate of drug-likeness (QED) is 0.905. The summed E-state index contributed by atoms with van der Waals surface area (Å²) in [5, 5.41) is 3.05. The van der Waals surface area contributed by atoms with Crippen LogP contribution in [0.2, 0.25) is 0 Å². The predicted octanol–water partition coefficient (Wildman–Crippen LogP) is 1.52. The van der Waals surface area contributed by atoms with E-state index >= 15 is 0 Å². The van der Waals surface area contributed by atoms with Crippen molar-refractivity contribution in [3.8, 4) is 0 Å². The molecule has 2 aliphatic rings. The van der Waals surface area contributed by atoms with E-state index in [0.29, 0.717) is 12.8 Å². The average molecular weight is 336 g/mol. The molecular formula is C17H24N2O3S. The Morgan fingerprint density at radius 1 is 1.26 bits per heavy atom. The summed E-state index contributed by atoms with van der Waals surface area (Å²) in [4.78, 5) is 14.9. The number of hydrogen-bond acceptors (Lipinski definition) is 4. The molecule has 2 atom stereocenters. The highest BCUT2D eigenvalue weighted by Gasteiger charge is 2.53. The summed E-state index contributed by atoms with van der Waals surface area (Å²) < 4.78 is 23.0. The zero-order valence-electron chi connectivity index (χ0n) is 13.7. The molecule has 0 bridgehead atoms. The van der Waals surface area contributed by atoms with E-state index in [1.54, 1.807) is 0 Å². The van der Waals surface area contributed by atoms with Gasteiger partial charge in [0.2, 0.25) is 5.91 Å². The van der Waals surface area contributed by atoms with Crippen molar-refractivity contribution in [2.75, 3.05) is 19.8 Å². The molecule has 3 rings (SSSR count). The molecule has 5 nitrogen and oxygen atoms in total. The molecule has 23 heavy (non-hydrogen) atoms. The van der Waals surface area contributed by atoms with Crippen LogP contribution in [0.5, 0.6) is 0 Å². The molecule has 126 valence electrons. The van der Waals surface area contributed by atoms with E-state index < -0.39 is 14.6 Å². The summed E-state index contributed by atoms with van der Waals surface area (Å²) in [5.74, 6) is -0.313. The van der Waals surface area contributed by atoms with Crippen molar-refractivity contribution in [3.63, 3.8) is 0 Å². The van der Waals surface area contributed by atoms with Gasteiger partial charge in [0.15, 0.2) is 9.84 Å². The highest BCUT2D eigenvalue weighted by Crippen LogP contribution is 2.40. The van der Waals surface area contributed by atoms with Crippen molar-refractivity contribution in [1.82, 2.24) is 10.2 Å². The smallest absolute Gasteiger partial charge is 0.241 e. The Labute approximate surface area is 138 Å². The highest BCUT2D eigenvalue weighted by molar-refractivity contribution is 7.93. The first-order valence-electron chi connectivity index (χ1n) is 8.11. The normalized spacial score (nSPS) is 27.4. The van der Waals surface area contributed by atoms with Crippen LogP contribution in [0, 0.1) is 0 Å². The number of nitrogens with one attached hydrogen (secondary N) is 1. The maximum Gasteiger partial charge on any atom is 0.241 e. The van der Waals surface area contributed by atoms with Crippen LogP contribution in [0.25, 0.3) is 0 Å². The van der Waals surface area contributed by atoms with Gasteiger partial charge in [0.25, 0.3) is 0 Å². The summed E-state index contributed by atoms with van der Waals surface area (Å²) in [7, 11) is -1.35. The average Bonchev–Trinajstić information content (AvgIpc) is 2.77. The lowest BCUT2D eigenvalue weighted by atomic mass is 9.83. The lowest BCUT2D eigenvalue weighted by Gasteiger charge is -2.39. The third-order valence-electron chi connectivity index (χ3n) is 5.39. The molecule has 1 saturated carbocycles. The van der Waals surface area contributed by atoms with Crippen LogP contribution in [0.1, 0.15) is 37.3 Å². The van der Waals surface area contributed by atoms with Gasteiger partial charge in [-0.05, 0) is 38.3 Å². The van der Waals surface area contributed by atoms with E-state index in [9.17, 15) is 13.2 Å². The van der Waals surface area contributed by atoms with Gasteiger partial charge in [0.05, 0.1) is 6.04 Å². The Bertz CT molecular complexity index is 683. The number of hydrogen-bond donors (Lipinski definition) is 1. The first-order valence-corrected chi connectivity index (χ1v) is 10.00. The summed E-state index contributed by atoms with van der Waals surface area (Å²) in [6.07, 6.45) is 3.70. The Hall–Kier alpha value is -1.40. The molecule has 0 spiro atoms. The van der Waals surface area contributed by atoms with Crippen LogP contribution in [0.15, 0.2) is 30.3 Å². The van der Waals surface area contributed by atoms with E-state index in [1.165, 1.54) is 6.26 Å². The monoisotopic (exact) mass is 336 g/mol. The van der Waals surface area contributed by atoms with Gasteiger partial charge in [-0.15, -0.1) is 0 Å². The standard InChI is InChI=1S/C17H24N2O3S/c1-19-12-9-14(15(19)13-7-4-3-5-8-13)18-16(20)17(10-6-11-17)23(2,21)22/h3-5,7-8,14-15H,6,9-12H2,1-2H3,(H,18,20)/t14-,15+/m1/s1. The van der Waals surface area contributed by atoms with Crippen molar-refractivity contribution in [1.29, 1.82) is 0 Å². The van der Waals surface area contributed by atoms with E-state index in [1.807, 2.05) is 25.2 Å². The number of amides is 1. The molecule has 1 heterocycles. The Balaban J connectivity index is 1.80. The second-order valence-electron chi connectivity index (χ2n) is 6.82. The third kappa shape index (κ3) is 2.78. The fourth-order valence-corrected chi connectivity index (χ4v) is 5.22. The van der Waals surface area contributed by atoms with E-state index in [-0.39, 0.29) is 18.0 Å². The number of sulfone groups is 1. The maximum absolute atomic E-state index is 12.7. The van der Waals surface area contributed by atoms with E-state index in [4.69, 9.17) is 0 Å². The molecule has 0 aromatic heterocycles.